The minimum atomic E-state index is -0.232. The summed E-state index contributed by atoms with van der Waals surface area (Å²) < 4.78 is 21.4. The highest BCUT2D eigenvalue weighted by atomic mass is 16.5. The summed E-state index contributed by atoms with van der Waals surface area (Å²) in [7, 11) is 4.76. The van der Waals surface area contributed by atoms with Crippen molar-refractivity contribution in [1.29, 1.82) is 0 Å². The summed E-state index contributed by atoms with van der Waals surface area (Å²) in [6.45, 7) is 2.96. The number of esters is 1. The summed E-state index contributed by atoms with van der Waals surface area (Å²) in [5.74, 6) is 1.55. The number of methoxy groups -OCH3 is 3. The Kier molecular flexibility index (Phi) is 5.49. The van der Waals surface area contributed by atoms with E-state index in [0.29, 0.717) is 23.9 Å². The van der Waals surface area contributed by atoms with Crippen molar-refractivity contribution in [3.05, 3.63) is 17.2 Å². The molecule has 0 aromatic heterocycles. The van der Waals surface area contributed by atoms with E-state index in [1.165, 1.54) is 0 Å². The smallest absolute Gasteiger partial charge is 0.307 e. The molecule has 0 bridgehead atoms. The average Bonchev–Trinajstić information content (AvgIpc) is 2.53. The molecular formula is C16H23NO5. The van der Waals surface area contributed by atoms with Crippen LogP contribution in [0, 0.1) is 0 Å². The van der Waals surface area contributed by atoms with E-state index in [4.69, 9.17) is 18.9 Å². The average molecular weight is 309 g/mol. The Morgan fingerprint density at radius 2 is 1.95 bits per heavy atom. The molecule has 122 valence electrons. The van der Waals surface area contributed by atoms with Crippen LogP contribution in [-0.2, 0) is 16.0 Å². The lowest BCUT2D eigenvalue weighted by atomic mass is 9.90. The zero-order valence-electron chi connectivity index (χ0n) is 13.5. The molecule has 0 amide bonds. The maximum absolute atomic E-state index is 11.8. The Hall–Kier alpha value is -1.95. The molecule has 6 heteroatoms. The highest BCUT2D eigenvalue weighted by molar-refractivity contribution is 5.72. The van der Waals surface area contributed by atoms with Gasteiger partial charge in [0.2, 0.25) is 5.75 Å². The number of benzene rings is 1. The second kappa shape index (κ2) is 7.35. The first-order chi connectivity index (χ1) is 10.7. The molecule has 1 N–H and O–H groups in total. The van der Waals surface area contributed by atoms with Crippen molar-refractivity contribution in [2.45, 2.75) is 25.8 Å². The van der Waals surface area contributed by atoms with Crippen molar-refractivity contribution in [2.24, 2.45) is 0 Å². The van der Waals surface area contributed by atoms with Crippen LogP contribution in [0.4, 0.5) is 0 Å². The van der Waals surface area contributed by atoms with Crippen molar-refractivity contribution in [2.75, 3.05) is 34.5 Å². The number of hydrogen-bond acceptors (Lipinski definition) is 6. The van der Waals surface area contributed by atoms with Gasteiger partial charge in [-0.3, -0.25) is 4.79 Å². The molecule has 1 unspecified atom stereocenters. The van der Waals surface area contributed by atoms with E-state index in [-0.39, 0.29) is 18.4 Å². The normalized spacial score (nSPS) is 16.6. The van der Waals surface area contributed by atoms with Crippen LogP contribution >= 0.6 is 0 Å². The first-order valence-corrected chi connectivity index (χ1v) is 7.36. The van der Waals surface area contributed by atoms with Crippen LogP contribution in [0.15, 0.2) is 6.07 Å². The molecule has 2 rings (SSSR count). The molecule has 0 fully saturated rings. The summed E-state index contributed by atoms with van der Waals surface area (Å²) in [6.07, 6.45) is 1.10. The van der Waals surface area contributed by atoms with Gasteiger partial charge in [-0.15, -0.1) is 0 Å². The summed E-state index contributed by atoms with van der Waals surface area (Å²) in [5.41, 5.74) is 2.04. The molecule has 1 aromatic rings. The Bertz CT molecular complexity index is 544. The van der Waals surface area contributed by atoms with Gasteiger partial charge in [0, 0.05) is 11.6 Å². The van der Waals surface area contributed by atoms with Gasteiger partial charge in [0.25, 0.3) is 0 Å². The molecule has 0 radical (unpaired) electrons. The predicted molar refractivity (Wildman–Crippen MR) is 81.8 cm³/mol. The van der Waals surface area contributed by atoms with Gasteiger partial charge in [-0.25, -0.2) is 0 Å². The summed E-state index contributed by atoms with van der Waals surface area (Å²) in [6, 6.07) is 1.80. The highest BCUT2D eigenvalue weighted by Crippen LogP contribution is 2.46. The Morgan fingerprint density at radius 1 is 1.23 bits per heavy atom. The molecule has 0 spiro atoms. The number of carbonyl (C=O) groups excluding carboxylic acids is 1. The fourth-order valence-electron chi connectivity index (χ4n) is 2.86. The molecule has 22 heavy (non-hydrogen) atoms. The van der Waals surface area contributed by atoms with Gasteiger partial charge in [-0.05, 0) is 31.5 Å². The van der Waals surface area contributed by atoms with Crippen molar-refractivity contribution in [1.82, 2.24) is 5.32 Å². The second-order valence-electron chi connectivity index (χ2n) is 4.98. The van der Waals surface area contributed by atoms with Crippen molar-refractivity contribution in [3.63, 3.8) is 0 Å². The molecule has 0 saturated carbocycles. The van der Waals surface area contributed by atoms with Gasteiger partial charge in [-0.2, -0.15) is 0 Å². The first kappa shape index (κ1) is 16.4. The van der Waals surface area contributed by atoms with Crippen LogP contribution in [0.2, 0.25) is 0 Å². The topological polar surface area (TPSA) is 66.0 Å². The predicted octanol–water partition coefficient (Wildman–Crippen LogP) is 1.85. The molecule has 6 nitrogen and oxygen atoms in total. The van der Waals surface area contributed by atoms with Gasteiger partial charge < -0.3 is 24.3 Å². The van der Waals surface area contributed by atoms with Crippen LogP contribution in [0.5, 0.6) is 17.2 Å². The largest absolute Gasteiger partial charge is 0.493 e. The number of hydrogen-bond donors (Lipinski definition) is 1. The van der Waals surface area contributed by atoms with Crippen LogP contribution in [-0.4, -0.2) is 40.5 Å². The molecule has 1 aliphatic heterocycles. The van der Waals surface area contributed by atoms with Gasteiger partial charge in [0.05, 0.1) is 34.4 Å². The monoisotopic (exact) mass is 309 g/mol. The SMILES string of the molecule is CCOC(=O)CC1NCCc2cc(OC)c(OC)c(OC)c21. The van der Waals surface area contributed by atoms with Crippen LogP contribution in [0.1, 0.15) is 30.5 Å². The van der Waals surface area contributed by atoms with E-state index in [1.807, 2.05) is 6.07 Å². The third kappa shape index (κ3) is 3.11. The Balaban J connectivity index is 2.45. The fraction of sp³-hybridized carbons (Fsp3) is 0.562. The number of fused-ring (bicyclic) bond motifs is 1. The van der Waals surface area contributed by atoms with Gasteiger partial charge in [0.15, 0.2) is 11.5 Å². The van der Waals surface area contributed by atoms with Crippen molar-refractivity contribution in [3.8, 4) is 17.2 Å². The number of rotatable bonds is 6. The highest BCUT2D eigenvalue weighted by Gasteiger charge is 2.30. The number of nitrogens with one attached hydrogen (secondary N) is 1. The van der Waals surface area contributed by atoms with E-state index in [9.17, 15) is 4.79 Å². The van der Waals surface area contributed by atoms with Crippen LogP contribution in [0.25, 0.3) is 0 Å². The minimum absolute atomic E-state index is 0.155. The van der Waals surface area contributed by atoms with Crippen LogP contribution in [0.3, 0.4) is 0 Å². The van der Waals surface area contributed by atoms with Crippen molar-refractivity contribution >= 4 is 5.97 Å². The molecule has 1 aromatic carbocycles. The van der Waals surface area contributed by atoms with Crippen LogP contribution < -0.4 is 19.5 Å². The number of ether oxygens (including phenoxy) is 4. The fourth-order valence-corrected chi connectivity index (χ4v) is 2.86. The van der Waals surface area contributed by atoms with Crippen molar-refractivity contribution < 1.29 is 23.7 Å². The van der Waals surface area contributed by atoms with Gasteiger partial charge in [-0.1, -0.05) is 0 Å². The molecular weight excluding hydrogens is 286 g/mol. The standard InChI is InChI=1S/C16H23NO5/c1-5-22-13(18)9-11-14-10(6-7-17-11)8-12(19-2)15(20-3)16(14)21-4/h8,11,17H,5-7,9H2,1-4H3. The van der Waals surface area contributed by atoms with E-state index >= 15 is 0 Å². The lowest BCUT2D eigenvalue weighted by Gasteiger charge is -2.29. The minimum Gasteiger partial charge on any atom is -0.493 e. The third-order valence-electron chi connectivity index (χ3n) is 3.76. The summed E-state index contributed by atoms with van der Waals surface area (Å²) in [5, 5.41) is 3.35. The van der Waals surface area contributed by atoms with E-state index in [0.717, 1.165) is 24.1 Å². The summed E-state index contributed by atoms with van der Waals surface area (Å²) in [4.78, 5) is 11.8. The maximum Gasteiger partial charge on any atom is 0.307 e. The molecule has 0 saturated heterocycles. The lowest BCUT2D eigenvalue weighted by molar-refractivity contribution is -0.143. The Morgan fingerprint density at radius 3 is 2.55 bits per heavy atom. The maximum atomic E-state index is 11.8. The number of carbonyl (C=O) groups is 1. The molecule has 0 aliphatic carbocycles. The first-order valence-electron chi connectivity index (χ1n) is 7.36. The quantitative estimate of drug-likeness (QED) is 0.809. The molecule has 1 heterocycles. The molecule has 1 atom stereocenters. The van der Waals surface area contributed by atoms with E-state index in [2.05, 4.69) is 5.32 Å². The zero-order valence-corrected chi connectivity index (χ0v) is 13.5. The van der Waals surface area contributed by atoms with E-state index in [1.54, 1.807) is 28.3 Å². The Labute approximate surface area is 130 Å². The van der Waals surface area contributed by atoms with Gasteiger partial charge >= 0.3 is 5.97 Å². The molecule has 1 aliphatic rings. The van der Waals surface area contributed by atoms with Gasteiger partial charge in [0.1, 0.15) is 0 Å². The summed E-state index contributed by atoms with van der Waals surface area (Å²) >= 11 is 0. The zero-order chi connectivity index (χ0) is 16.1. The second-order valence-corrected chi connectivity index (χ2v) is 4.98. The van der Waals surface area contributed by atoms with E-state index < -0.39 is 0 Å². The third-order valence-corrected chi connectivity index (χ3v) is 3.76. The lowest BCUT2D eigenvalue weighted by Crippen LogP contribution is -2.32.